The molecule has 0 radical (unpaired) electrons. The van der Waals surface area contributed by atoms with Crippen molar-refractivity contribution in [2.75, 3.05) is 6.16 Å². The van der Waals surface area contributed by atoms with Gasteiger partial charge in [-0.2, -0.15) is 0 Å². The Labute approximate surface area is 176 Å². The Kier molecular flexibility index (Phi) is 8.16. The summed E-state index contributed by atoms with van der Waals surface area (Å²) in [5, 5.41) is 0. The second-order valence-corrected chi connectivity index (χ2v) is 9.19. The van der Waals surface area contributed by atoms with Crippen LogP contribution in [0, 0.1) is 47.5 Å². The van der Waals surface area contributed by atoms with Crippen LogP contribution in [-0.4, -0.2) is 17.7 Å². The van der Waals surface area contributed by atoms with E-state index in [9.17, 15) is 14.2 Å². The molecule has 0 spiro atoms. The lowest BCUT2D eigenvalue weighted by Crippen LogP contribution is -2.27. The minimum absolute atomic E-state index is 0.0844. The van der Waals surface area contributed by atoms with Gasteiger partial charge in [0.1, 0.15) is 0 Å². The molecule has 2 aromatic rings. The summed E-state index contributed by atoms with van der Waals surface area (Å²) >= 11 is 0. The molecule has 2 aromatic carbocycles. The van der Waals surface area contributed by atoms with Crippen LogP contribution >= 0.6 is 8.46 Å². The van der Waals surface area contributed by atoms with Crippen molar-refractivity contribution in [2.24, 2.45) is 5.92 Å². The minimum Gasteiger partial charge on any atom is -0.330 e. The zero-order valence-electron chi connectivity index (χ0n) is 18.5. The van der Waals surface area contributed by atoms with Crippen molar-refractivity contribution < 1.29 is 14.2 Å². The van der Waals surface area contributed by atoms with Crippen LogP contribution in [0.3, 0.4) is 0 Å². The van der Waals surface area contributed by atoms with Crippen molar-refractivity contribution in [1.29, 1.82) is 0 Å². The lowest BCUT2D eigenvalue weighted by molar-refractivity contribution is 0.0796. The number of Topliss-reactive ketones (excluding diaryl/α,β-unsaturated/α-hetero) is 2. The fraction of sp³-hybridized carbons (Fsp3) is 0.440. The topological polar surface area (TPSA) is 51.2 Å². The molecule has 4 heteroatoms. The maximum atomic E-state index is 13.6. The third-order valence-corrected chi connectivity index (χ3v) is 6.19. The van der Waals surface area contributed by atoms with E-state index in [-0.39, 0.29) is 11.6 Å². The van der Waals surface area contributed by atoms with E-state index in [1.807, 2.05) is 65.8 Å². The number of carbonyl (C=O) groups excluding carboxylic acids is 2. The quantitative estimate of drug-likeness (QED) is 0.215. The maximum Gasteiger partial charge on any atom is 0.174 e. The molecule has 0 aliphatic carbocycles. The van der Waals surface area contributed by atoms with Crippen LogP contribution in [0.5, 0.6) is 0 Å². The standard InChI is InChI=1S/C25H33O3P/c1-15-11-17(3)22(18(4)12-15)24(26)21(9-7-8-10-29-28)25(27)23-19(5)13-16(2)14-20(23)6/h11-14,21H,7-10,29H2,1-6H3. The average Bonchev–Trinajstić information content (AvgIpc) is 2.59. The molecule has 1 unspecified atom stereocenters. The summed E-state index contributed by atoms with van der Waals surface area (Å²) in [5.74, 6) is -0.866. The highest BCUT2D eigenvalue weighted by atomic mass is 31.1. The van der Waals surface area contributed by atoms with Gasteiger partial charge in [-0.25, -0.2) is 0 Å². The van der Waals surface area contributed by atoms with E-state index >= 15 is 0 Å². The zero-order chi connectivity index (χ0) is 21.7. The van der Waals surface area contributed by atoms with Crippen molar-refractivity contribution in [3.05, 3.63) is 68.8 Å². The van der Waals surface area contributed by atoms with Gasteiger partial charge in [-0.05, 0) is 82.8 Å². The first kappa shape index (κ1) is 23.3. The predicted octanol–water partition coefficient (Wildman–Crippen LogP) is 6.15. The molecule has 29 heavy (non-hydrogen) atoms. The normalized spacial score (nSPS) is 11.6. The Morgan fingerprint density at radius 2 is 1.10 bits per heavy atom. The number of ketones is 2. The Morgan fingerprint density at radius 3 is 1.45 bits per heavy atom. The Balaban J connectivity index is 2.48. The largest absolute Gasteiger partial charge is 0.330 e. The monoisotopic (exact) mass is 412 g/mol. The summed E-state index contributed by atoms with van der Waals surface area (Å²) < 4.78 is 10.9. The Hall–Kier alpha value is -1.99. The van der Waals surface area contributed by atoms with Crippen molar-refractivity contribution in [2.45, 2.75) is 60.8 Å². The number of aryl methyl sites for hydroxylation is 6. The number of rotatable bonds is 9. The number of hydrogen-bond acceptors (Lipinski definition) is 3. The van der Waals surface area contributed by atoms with E-state index in [2.05, 4.69) is 0 Å². The van der Waals surface area contributed by atoms with Crippen LogP contribution in [-0.2, 0) is 4.57 Å². The van der Waals surface area contributed by atoms with E-state index in [4.69, 9.17) is 0 Å². The van der Waals surface area contributed by atoms with Gasteiger partial charge in [-0.3, -0.25) is 9.59 Å². The second kappa shape index (κ2) is 10.2. The van der Waals surface area contributed by atoms with Crippen LogP contribution in [0.15, 0.2) is 24.3 Å². The van der Waals surface area contributed by atoms with Gasteiger partial charge >= 0.3 is 0 Å². The molecule has 0 saturated carbocycles. The molecule has 156 valence electrons. The van der Waals surface area contributed by atoms with Crippen molar-refractivity contribution in [3.63, 3.8) is 0 Å². The maximum absolute atomic E-state index is 13.6. The molecule has 0 aromatic heterocycles. The van der Waals surface area contributed by atoms with Crippen LogP contribution in [0.25, 0.3) is 0 Å². The molecule has 1 atom stereocenters. The molecule has 0 saturated heterocycles. The first-order chi connectivity index (χ1) is 13.7. The Morgan fingerprint density at radius 1 is 0.724 bits per heavy atom. The highest BCUT2D eigenvalue weighted by Gasteiger charge is 2.31. The first-order valence-corrected chi connectivity index (χ1v) is 11.6. The van der Waals surface area contributed by atoms with Gasteiger partial charge in [0.25, 0.3) is 0 Å². The summed E-state index contributed by atoms with van der Waals surface area (Å²) in [5.41, 5.74) is 7.26. The van der Waals surface area contributed by atoms with E-state index < -0.39 is 14.4 Å². The average molecular weight is 413 g/mol. The smallest absolute Gasteiger partial charge is 0.174 e. The number of unbranched alkanes of at least 4 members (excludes halogenated alkanes) is 1. The van der Waals surface area contributed by atoms with E-state index in [1.165, 1.54) is 0 Å². The van der Waals surface area contributed by atoms with Gasteiger partial charge in [-0.1, -0.05) is 41.8 Å². The molecule has 0 aliphatic heterocycles. The molecule has 0 bridgehead atoms. The summed E-state index contributed by atoms with van der Waals surface area (Å²) in [6, 6.07) is 8.02. The lowest BCUT2D eigenvalue weighted by Gasteiger charge is -2.20. The summed E-state index contributed by atoms with van der Waals surface area (Å²) in [6.45, 7) is 11.8. The van der Waals surface area contributed by atoms with Crippen LogP contribution < -0.4 is 0 Å². The summed E-state index contributed by atoms with van der Waals surface area (Å²) in [4.78, 5) is 27.2. The summed E-state index contributed by atoms with van der Waals surface area (Å²) in [6.07, 6.45) is 2.68. The second-order valence-electron chi connectivity index (χ2n) is 8.28. The molecular formula is C25H33O3P. The highest BCUT2D eigenvalue weighted by Crippen LogP contribution is 2.28. The molecule has 0 aliphatic rings. The number of carbonyl (C=O) groups is 2. The molecule has 0 fully saturated rings. The molecule has 0 N–H and O–H groups in total. The van der Waals surface area contributed by atoms with E-state index in [0.717, 1.165) is 46.2 Å². The summed E-state index contributed by atoms with van der Waals surface area (Å²) in [7, 11) is -0.780. The molecule has 2 rings (SSSR count). The minimum atomic E-state index is -0.780. The molecule has 3 nitrogen and oxygen atoms in total. The van der Waals surface area contributed by atoms with E-state index in [1.54, 1.807) is 0 Å². The van der Waals surface area contributed by atoms with Gasteiger partial charge in [0.15, 0.2) is 11.6 Å². The SMILES string of the molecule is Cc1cc(C)c(C(=O)C(CCCC[PH2]=O)C(=O)c2c(C)cc(C)cc2C)c(C)c1. The van der Waals surface area contributed by atoms with Gasteiger partial charge in [-0.15, -0.1) is 0 Å². The van der Waals surface area contributed by atoms with Gasteiger partial charge in [0, 0.05) is 11.1 Å². The molecule has 0 heterocycles. The van der Waals surface area contributed by atoms with Crippen LogP contribution in [0.2, 0.25) is 0 Å². The van der Waals surface area contributed by atoms with Gasteiger partial charge < -0.3 is 4.57 Å². The third-order valence-electron chi connectivity index (χ3n) is 5.54. The molecular weight excluding hydrogens is 379 g/mol. The fourth-order valence-electron chi connectivity index (χ4n) is 4.44. The van der Waals surface area contributed by atoms with Gasteiger partial charge in [0.2, 0.25) is 0 Å². The van der Waals surface area contributed by atoms with Crippen LogP contribution in [0.1, 0.15) is 73.4 Å². The number of hydrogen-bond donors (Lipinski definition) is 0. The van der Waals surface area contributed by atoms with Crippen LogP contribution in [0.4, 0.5) is 0 Å². The van der Waals surface area contributed by atoms with Gasteiger partial charge in [0.05, 0.1) is 14.4 Å². The Bertz CT molecular complexity index is 828. The van der Waals surface area contributed by atoms with Crippen molar-refractivity contribution >= 4 is 20.0 Å². The highest BCUT2D eigenvalue weighted by molar-refractivity contribution is 7.23. The van der Waals surface area contributed by atoms with E-state index in [0.29, 0.717) is 23.7 Å². The van der Waals surface area contributed by atoms with Crippen molar-refractivity contribution in [3.8, 4) is 0 Å². The number of benzene rings is 2. The fourth-order valence-corrected chi connectivity index (χ4v) is 4.90. The predicted molar refractivity (Wildman–Crippen MR) is 123 cm³/mol. The first-order valence-electron chi connectivity index (χ1n) is 10.3. The lowest BCUT2D eigenvalue weighted by atomic mass is 9.81. The third kappa shape index (κ3) is 5.54. The zero-order valence-corrected chi connectivity index (χ0v) is 19.7. The van der Waals surface area contributed by atoms with Crippen molar-refractivity contribution in [1.82, 2.24) is 0 Å². The molecule has 0 amide bonds.